The van der Waals surface area contributed by atoms with E-state index in [1.54, 1.807) is 30.0 Å². The van der Waals surface area contributed by atoms with Crippen LogP contribution in [0.2, 0.25) is 5.02 Å². The monoisotopic (exact) mass is 306 g/mol. The fourth-order valence-electron chi connectivity index (χ4n) is 1.89. The molecule has 0 amide bonds. The number of anilines is 1. The van der Waals surface area contributed by atoms with Crippen molar-refractivity contribution in [2.45, 2.75) is 11.3 Å². The van der Waals surface area contributed by atoms with E-state index < -0.39 is 10.0 Å². The summed E-state index contributed by atoms with van der Waals surface area (Å²) in [5.41, 5.74) is 5.97. The number of nitrogen functional groups attached to an aromatic ring is 1. The van der Waals surface area contributed by atoms with E-state index in [4.69, 9.17) is 17.3 Å². The van der Waals surface area contributed by atoms with Gasteiger partial charge >= 0.3 is 0 Å². The highest BCUT2D eigenvalue weighted by Crippen LogP contribution is 2.30. The van der Waals surface area contributed by atoms with Gasteiger partial charge in [0.25, 0.3) is 0 Å². The number of nitrogens with two attached hydrogens (primary N) is 1. The van der Waals surface area contributed by atoms with E-state index in [1.807, 2.05) is 0 Å². The van der Waals surface area contributed by atoms with Crippen LogP contribution in [0.4, 0.5) is 5.69 Å². The molecule has 1 saturated heterocycles. The standard InChI is InChI=1S/C11H15ClN2O2S2/c12-9-3-1-4-10(13)11(9)18(15,16)14-5-2-7-17-8-6-14/h1,3-4H,2,5-8,13H2. The molecule has 1 heterocycles. The minimum Gasteiger partial charge on any atom is -0.398 e. The van der Waals surface area contributed by atoms with Crippen LogP contribution in [0.15, 0.2) is 23.1 Å². The Balaban J connectivity index is 2.41. The van der Waals surface area contributed by atoms with Crippen molar-refractivity contribution < 1.29 is 8.42 Å². The molecule has 0 bridgehead atoms. The van der Waals surface area contributed by atoms with Gasteiger partial charge in [-0.3, -0.25) is 0 Å². The van der Waals surface area contributed by atoms with Crippen LogP contribution in [0.5, 0.6) is 0 Å². The van der Waals surface area contributed by atoms with Gasteiger partial charge in [-0.05, 0) is 24.3 Å². The summed E-state index contributed by atoms with van der Waals surface area (Å²) >= 11 is 7.75. The number of sulfonamides is 1. The lowest BCUT2D eigenvalue weighted by Crippen LogP contribution is -2.33. The highest BCUT2D eigenvalue weighted by atomic mass is 35.5. The second kappa shape index (κ2) is 5.69. The predicted molar refractivity (Wildman–Crippen MR) is 76.6 cm³/mol. The minimum absolute atomic E-state index is 0.0403. The Kier molecular flexibility index (Phi) is 4.42. The summed E-state index contributed by atoms with van der Waals surface area (Å²) in [6, 6.07) is 4.76. The summed E-state index contributed by atoms with van der Waals surface area (Å²) in [4.78, 5) is 0.0403. The van der Waals surface area contributed by atoms with Crippen LogP contribution in [0.1, 0.15) is 6.42 Å². The van der Waals surface area contributed by atoms with E-state index >= 15 is 0 Å². The van der Waals surface area contributed by atoms with Crippen molar-refractivity contribution >= 4 is 39.1 Å². The number of hydrogen-bond donors (Lipinski definition) is 1. The SMILES string of the molecule is Nc1cccc(Cl)c1S(=O)(=O)N1CCCSCC1. The first-order valence-corrected chi connectivity index (χ1v) is 8.62. The minimum atomic E-state index is -3.58. The molecule has 0 spiro atoms. The number of nitrogens with zero attached hydrogens (tertiary/aromatic N) is 1. The molecule has 7 heteroatoms. The summed E-state index contributed by atoms with van der Waals surface area (Å²) in [7, 11) is -3.58. The molecular formula is C11H15ClN2O2S2. The molecule has 1 aromatic rings. The Bertz CT molecular complexity index is 506. The van der Waals surface area contributed by atoms with Gasteiger partial charge in [-0.2, -0.15) is 16.1 Å². The molecule has 0 aromatic heterocycles. The van der Waals surface area contributed by atoms with Gasteiger partial charge in [0, 0.05) is 18.8 Å². The molecule has 4 nitrogen and oxygen atoms in total. The summed E-state index contributed by atoms with van der Waals surface area (Å²) < 4.78 is 26.5. The van der Waals surface area contributed by atoms with E-state index in [0.29, 0.717) is 13.1 Å². The summed E-state index contributed by atoms with van der Waals surface area (Å²) in [5.74, 6) is 1.80. The van der Waals surface area contributed by atoms with E-state index in [2.05, 4.69) is 0 Å². The third kappa shape index (κ3) is 2.77. The molecule has 0 saturated carbocycles. The van der Waals surface area contributed by atoms with Crippen molar-refractivity contribution in [2.24, 2.45) is 0 Å². The van der Waals surface area contributed by atoms with Gasteiger partial charge in [0.05, 0.1) is 10.7 Å². The van der Waals surface area contributed by atoms with E-state index in [0.717, 1.165) is 17.9 Å². The maximum absolute atomic E-state index is 12.5. The van der Waals surface area contributed by atoms with Gasteiger partial charge < -0.3 is 5.73 Å². The molecular weight excluding hydrogens is 292 g/mol. The van der Waals surface area contributed by atoms with Gasteiger partial charge in [0.1, 0.15) is 4.90 Å². The molecule has 18 heavy (non-hydrogen) atoms. The van der Waals surface area contributed by atoms with Gasteiger partial charge in [-0.25, -0.2) is 8.42 Å². The van der Waals surface area contributed by atoms with Crippen molar-refractivity contribution in [1.29, 1.82) is 0 Å². The summed E-state index contributed by atoms with van der Waals surface area (Å²) in [6.45, 7) is 1.04. The normalized spacial score (nSPS) is 18.5. The third-order valence-electron chi connectivity index (χ3n) is 2.78. The van der Waals surface area contributed by atoms with Crippen molar-refractivity contribution in [2.75, 3.05) is 30.3 Å². The molecule has 2 rings (SSSR count). The number of benzene rings is 1. The lowest BCUT2D eigenvalue weighted by atomic mass is 10.3. The highest BCUT2D eigenvalue weighted by Gasteiger charge is 2.29. The molecule has 2 N–H and O–H groups in total. The van der Waals surface area contributed by atoms with Gasteiger partial charge in [-0.1, -0.05) is 17.7 Å². The van der Waals surface area contributed by atoms with Crippen molar-refractivity contribution in [3.8, 4) is 0 Å². The van der Waals surface area contributed by atoms with Gasteiger partial charge in [-0.15, -0.1) is 0 Å². The van der Waals surface area contributed by atoms with E-state index in [9.17, 15) is 8.42 Å². The van der Waals surface area contributed by atoms with Gasteiger partial charge in [0.15, 0.2) is 0 Å². The lowest BCUT2D eigenvalue weighted by Gasteiger charge is -2.21. The molecule has 0 atom stereocenters. The molecule has 1 aromatic carbocycles. The molecule has 1 aliphatic heterocycles. The maximum atomic E-state index is 12.5. The Morgan fingerprint density at radius 2 is 2.06 bits per heavy atom. The van der Waals surface area contributed by atoms with Crippen LogP contribution in [0, 0.1) is 0 Å². The smallest absolute Gasteiger partial charge is 0.246 e. The molecule has 0 radical (unpaired) electrons. The Labute approximate surface area is 117 Å². The summed E-state index contributed by atoms with van der Waals surface area (Å²) in [5, 5.41) is 0.187. The van der Waals surface area contributed by atoms with Crippen molar-refractivity contribution in [3.63, 3.8) is 0 Å². The van der Waals surface area contributed by atoms with Crippen LogP contribution >= 0.6 is 23.4 Å². The zero-order valence-corrected chi connectivity index (χ0v) is 12.2. The van der Waals surface area contributed by atoms with Crippen LogP contribution in [-0.2, 0) is 10.0 Å². The Morgan fingerprint density at radius 3 is 2.78 bits per heavy atom. The zero-order chi connectivity index (χ0) is 13.2. The highest BCUT2D eigenvalue weighted by molar-refractivity contribution is 7.99. The predicted octanol–water partition coefficient (Wildman–Crippen LogP) is 2.05. The largest absolute Gasteiger partial charge is 0.398 e. The quantitative estimate of drug-likeness (QED) is 0.849. The molecule has 1 fully saturated rings. The molecule has 1 aliphatic rings. The Hall–Kier alpha value is -0.430. The second-order valence-electron chi connectivity index (χ2n) is 4.03. The fourth-order valence-corrected chi connectivity index (χ4v) is 5.01. The molecule has 0 unspecified atom stereocenters. The first-order chi connectivity index (χ1) is 8.53. The second-order valence-corrected chi connectivity index (χ2v) is 7.53. The molecule has 100 valence electrons. The van der Waals surface area contributed by atoms with Crippen LogP contribution in [0.25, 0.3) is 0 Å². The summed E-state index contributed by atoms with van der Waals surface area (Å²) in [6.07, 6.45) is 0.855. The Morgan fingerprint density at radius 1 is 1.28 bits per heavy atom. The van der Waals surface area contributed by atoms with Crippen molar-refractivity contribution in [1.82, 2.24) is 4.31 Å². The molecule has 0 aliphatic carbocycles. The van der Waals surface area contributed by atoms with E-state index in [-0.39, 0.29) is 15.6 Å². The first-order valence-electron chi connectivity index (χ1n) is 5.65. The average molecular weight is 307 g/mol. The first kappa shape index (κ1) is 14.0. The van der Waals surface area contributed by atoms with Crippen molar-refractivity contribution in [3.05, 3.63) is 23.2 Å². The number of hydrogen-bond acceptors (Lipinski definition) is 4. The zero-order valence-electron chi connectivity index (χ0n) is 9.80. The topological polar surface area (TPSA) is 63.4 Å². The van der Waals surface area contributed by atoms with Crippen LogP contribution in [-0.4, -0.2) is 37.3 Å². The van der Waals surface area contributed by atoms with Gasteiger partial charge in [0.2, 0.25) is 10.0 Å². The van der Waals surface area contributed by atoms with Crippen LogP contribution < -0.4 is 5.73 Å². The fraction of sp³-hybridized carbons (Fsp3) is 0.455. The third-order valence-corrected chi connectivity index (χ3v) is 6.27. The number of halogens is 1. The number of thioether (sulfide) groups is 1. The van der Waals surface area contributed by atoms with Crippen LogP contribution in [0.3, 0.4) is 0 Å². The number of rotatable bonds is 2. The average Bonchev–Trinajstić information content (AvgIpc) is 2.57. The lowest BCUT2D eigenvalue weighted by molar-refractivity contribution is 0.435. The van der Waals surface area contributed by atoms with E-state index in [1.165, 1.54) is 4.31 Å². The maximum Gasteiger partial charge on any atom is 0.246 e.